The normalized spacial score (nSPS) is 23.4. The van der Waals surface area contributed by atoms with Crippen LogP contribution in [0.4, 0.5) is 0 Å². The van der Waals surface area contributed by atoms with Crippen LogP contribution in [-0.2, 0) is 0 Å². The zero-order valence-corrected chi connectivity index (χ0v) is 10.7. The maximum Gasteiger partial charge on any atom is 0.257 e. The number of rotatable bonds is 1. The monoisotopic (exact) mass is 262 g/mol. The van der Waals surface area contributed by atoms with Crippen molar-refractivity contribution in [1.82, 2.24) is 9.80 Å². The third kappa shape index (κ3) is 2.14. The van der Waals surface area contributed by atoms with Crippen LogP contribution in [0.1, 0.15) is 23.2 Å². The Morgan fingerprint density at radius 3 is 2.89 bits per heavy atom. The number of para-hydroxylation sites is 1. The fourth-order valence-electron chi connectivity index (χ4n) is 3.05. The molecule has 0 aromatic heterocycles. The lowest BCUT2D eigenvalue weighted by Gasteiger charge is -2.37. The van der Waals surface area contributed by atoms with E-state index in [2.05, 4.69) is 4.90 Å². The molecule has 2 N–H and O–H groups in total. The summed E-state index contributed by atoms with van der Waals surface area (Å²) in [6.45, 7) is 3.43. The Balaban J connectivity index is 1.79. The minimum Gasteiger partial charge on any atom is -0.504 e. The van der Waals surface area contributed by atoms with Crippen LogP contribution in [0, 0.1) is 0 Å². The lowest BCUT2D eigenvalue weighted by molar-refractivity contribution is 0.0568. The Kier molecular flexibility index (Phi) is 3.06. The fraction of sp³-hybridized carbons (Fsp3) is 0.500. The van der Waals surface area contributed by atoms with E-state index in [1.54, 1.807) is 17.0 Å². The summed E-state index contributed by atoms with van der Waals surface area (Å²) in [5.41, 5.74) is 0.187. The van der Waals surface area contributed by atoms with Gasteiger partial charge in [-0.05, 0) is 31.5 Å². The van der Waals surface area contributed by atoms with Crippen LogP contribution in [0.5, 0.6) is 11.5 Å². The number of carbonyl (C=O) groups excluding carboxylic acids is 1. The van der Waals surface area contributed by atoms with Crippen molar-refractivity contribution in [3.05, 3.63) is 23.8 Å². The number of hydrogen-bond donors (Lipinski definition) is 2. The molecule has 2 saturated heterocycles. The van der Waals surface area contributed by atoms with Crippen molar-refractivity contribution in [3.63, 3.8) is 0 Å². The van der Waals surface area contributed by atoms with Crippen LogP contribution in [-0.4, -0.2) is 58.1 Å². The standard InChI is InChI=1S/C14H18N2O3/c17-12-5-1-4-11(13(12)18)14(19)16-8-7-15-6-2-3-10(15)9-16/h1,4-5,10,17-18H,2-3,6-9H2. The second kappa shape index (κ2) is 4.74. The Bertz CT molecular complexity index is 503. The highest BCUT2D eigenvalue weighted by Crippen LogP contribution is 2.30. The number of carbonyl (C=O) groups is 1. The first-order valence-corrected chi connectivity index (χ1v) is 6.71. The lowest BCUT2D eigenvalue weighted by Crippen LogP contribution is -2.52. The molecule has 5 nitrogen and oxygen atoms in total. The molecule has 2 fully saturated rings. The zero-order chi connectivity index (χ0) is 13.4. The van der Waals surface area contributed by atoms with Crippen molar-refractivity contribution in [2.75, 3.05) is 26.2 Å². The summed E-state index contributed by atoms with van der Waals surface area (Å²) < 4.78 is 0. The Labute approximate surface area is 112 Å². The van der Waals surface area contributed by atoms with Crippen molar-refractivity contribution in [3.8, 4) is 11.5 Å². The highest BCUT2D eigenvalue weighted by molar-refractivity contribution is 5.97. The molecule has 1 aromatic rings. The molecule has 0 spiro atoms. The maximum absolute atomic E-state index is 12.4. The predicted octanol–water partition coefficient (Wildman–Crippen LogP) is 1.02. The molecule has 3 rings (SSSR count). The zero-order valence-electron chi connectivity index (χ0n) is 10.7. The molecule has 0 aliphatic carbocycles. The van der Waals surface area contributed by atoms with Gasteiger partial charge in [-0.2, -0.15) is 0 Å². The molecule has 1 unspecified atom stereocenters. The van der Waals surface area contributed by atoms with E-state index in [4.69, 9.17) is 0 Å². The molecule has 102 valence electrons. The molecule has 5 heteroatoms. The van der Waals surface area contributed by atoms with E-state index in [1.165, 1.54) is 12.5 Å². The molecular weight excluding hydrogens is 244 g/mol. The van der Waals surface area contributed by atoms with Gasteiger partial charge in [-0.1, -0.05) is 6.07 Å². The van der Waals surface area contributed by atoms with Crippen LogP contribution in [0.15, 0.2) is 18.2 Å². The molecule has 19 heavy (non-hydrogen) atoms. The molecule has 0 bridgehead atoms. The fourth-order valence-corrected chi connectivity index (χ4v) is 3.05. The van der Waals surface area contributed by atoms with Crippen LogP contribution in [0.25, 0.3) is 0 Å². The molecule has 2 aliphatic rings. The van der Waals surface area contributed by atoms with Gasteiger partial charge in [0.25, 0.3) is 5.91 Å². The number of hydrogen-bond acceptors (Lipinski definition) is 4. The summed E-state index contributed by atoms with van der Waals surface area (Å²) in [5.74, 6) is -0.758. The first-order valence-electron chi connectivity index (χ1n) is 6.71. The number of aromatic hydroxyl groups is 2. The van der Waals surface area contributed by atoms with Gasteiger partial charge in [-0.15, -0.1) is 0 Å². The first kappa shape index (κ1) is 12.3. The number of benzene rings is 1. The minimum atomic E-state index is -0.318. The summed E-state index contributed by atoms with van der Waals surface area (Å²) in [6, 6.07) is 4.96. The largest absolute Gasteiger partial charge is 0.504 e. The van der Waals surface area contributed by atoms with Crippen LogP contribution >= 0.6 is 0 Å². The second-order valence-corrected chi connectivity index (χ2v) is 5.26. The Morgan fingerprint density at radius 2 is 2.05 bits per heavy atom. The van der Waals surface area contributed by atoms with Gasteiger partial charge < -0.3 is 15.1 Å². The van der Waals surface area contributed by atoms with Gasteiger partial charge in [0.05, 0.1) is 5.56 Å². The Hall–Kier alpha value is -1.75. The van der Waals surface area contributed by atoms with Gasteiger partial charge >= 0.3 is 0 Å². The number of nitrogens with zero attached hydrogens (tertiary/aromatic N) is 2. The molecule has 1 aromatic carbocycles. The highest BCUT2D eigenvalue weighted by Gasteiger charge is 2.33. The van der Waals surface area contributed by atoms with Crippen LogP contribution < -0.4 is 0 Å². The van der Waals surface area contributed by atoms with Crippen molar-refractivity contribution >= 4 is 5.91 Å². The minimum absolute atomic E-state index is 0.187. The van der Waals surface area contributed by atoms with E-state index in [1.807, 2.05) is 0 Å². The Morgan fingerprint density at radius 1 is 1.21 bits per heavy atom. The van der Waals surface area contributed by atoms with Gasteiger partial charge in [-0.3, -0.25) is 9.69 Å². The van der Waals surface area contributed by atoms with E-state index in [9.17, 15) is 15.0 Å². The van der Waals surface area contributed by atoms with Crippen molar-refractivity contribution in [1.29, 1.82) is 0 Å². The molecule has 1 amide bonds. The quantitative estimate of drug-likeness (QED) is 0.742. The molecule has 0 saturated carbocycles. The highest BCUT2D eigenvalue weighted by atomic mass is 16.3. The third-order valence-electron chi connectivity index (χ3n) is 4.12. The third-order valence-corrected chi connectivity index (χ3v) is 4.12. The van der Waals surface area contributed by atoms with Gasteiger partial charge in [0.15, 0.2) is 11.5 Å². The smallest absolute Gasteiger partial charge is 0.257 e. The summed E-state index contributed by atoms with van der Waals surface area (Å²) in [5, 5.41) is 19.2. The average Bonchev–Trinajstić information content (AvgIpc) is 2.88. The van der Waals surface area contributed by atoms with Crippen molar-refractivity contribution in [2.45, 2.75) is 18.9 Å². The second-order valence-electron chi connectivity index (χ2n) is 5.26. The topological polar surface area (TPSA) is 64.0 Å². The molecule has 0 radical (unpaired) electrons. The molecule has 1 atom stereocenters. The molecular formula is C14H18N2O3. The van der Waals surface area contributed by atoms with Crippen LogP contribution in [0.2, 0.25) is 0 Å². The predicted molar refractivity (Wildman–Crippen MR) is 70.3 cm³/mol. The van der Waals surface area contributed by atoms with Gasteiger partial charge in [0.1, 0.15) is 0 Å². The van der Waals surface area contributed by atoms with E-state index in [-0.39, 0.29) is 23.0 Å². The van der Waals surface area contributed by atoms with E-state index < -0.39 is 0 Å². The molecule has 2 heterocycles. The van der Waals surface area contributed by atoms with Crippen molar-refractivity contribution < 1.29 is 15.0 Å². The van der Waals surface area contributed by atoms with Crippen molar-refractivity contribution in [2.24, 2.45) is 0 Å². The van der Waals surface area contributed by atoms with E-state index in [0.717, 1.165) is 19.5 Å². The number of fused-ring (bicyclic) bond motifs is 1. The molecule has 2 aliphatic heterocycles. The van der Waals surface area contributed by atoms with Gasteiger partial charge in [0.2, 0.25) is 0 Å². The van der Waals surface area contributed by atoms with Gasteiger partial charge in [-0.25, -0.2) is 0 Å². The summed E-state index contributed by atoms with van der Waals surface area (Å²) >= 11 is 0. The number of piperazine rings is 1. The number of phenolic OH excluding ortho intramolecular Hbond substituents is 2. The maximum atomic E-state index is 12.4. The number of amides is 1. The lowest BCUT2D eigenvalue weighted by atomic mass is 10.1. The number of phenols is 2. The van der Waals surface area contributed by atoms with Crippen LogP contribution in [0.3, 0.4) is 0 Å². The average molecular weight is 262 g/mol. The summed E-state index contributed by atoms with van der Waals surface area (Å²) in [7, 11) is 0. The summed E-state index contributed by atoms with van der Waals surface area (Å²) in [4.78, 5) is 16.6. The van der Waals surface area contributed by atoms with Gasteiger partial charge in [0, 0.05) is 25.7 Å². The van der Waals surface area contributed by atoms with E-state index in [0.29, 0.717) is 19.1 Å². The van der Waals surface area contributed by atoms with E-state index >= 15 is 0 Å². The summed E-state index contributed by atoms with van der Waals surface area (Å²) in [6.07, 6.45) is 2.33. The first-order chi connectivity index (χ1) is 9.16. The SMILES string of the molecule is O=C(c1cccc(O)c1O)N1CCN2CCCC2C1.